The van der Waals surface area contributed by atoms with E-state index in [0.29, 0.717) is 5.92 Å². The maximum absolute atomic E-state index is 11.7. The summed E-state index contributed by atoms with van der Waals surface area (Å²) >= 11 is 0. The Morgan fingerprint density at radius 2 is 2.31 bits per heavy atom. The van der Waals surface area contributed by atoms with E-state index in [1.54, 1.807) is 0 Å². The molecule has 2 saturated carbocycles. The first-order valence-corrected chi connectivity index (χ1v) is 5.00. The number of nitrogens with one attached hydrogen (secondary N) is 1. The predicted octanol–water partition coefficient (Wildman–Crippen LogP) is 0.938. The smallest absolute Gasteiger partial charge is 0.326 e. The molecule has 3 heteroatoms. The van der Waals surface area contributed by atoms with Crippen LogP contribution in [-0.2, 0) is 9.53 Å². The van der Waals surface area contributed by atoms with Gasteiger partial charge in [-0.2, -0.15) is 0 Å². The van der Waals surface area contributed by atoms with Gasteiger partial charge in [0.2, 0.25) is 0 Å². The van der Waals surface area contributed by atoms with E-state index in [0.717, 1.165) is 12.3 Å². The number of ether oxygens (including phenoxy) is 1. The number of fused-ring (bicyclic) bond motifs is 2. The van der Waals surface area contributed by atoms with Gasteiger partial charge in [-0.3, -0.25) is 4.79 Å². The largest absolute Gasteiger partial charge is 0.468 e. The molecule has 0 spiro atoms. The highest BCUT2D eigenvalue weighted by Gasteiger charge is 2.55. The Hall–Kier alpha value is -0.570. The molecule has 3 nitrogen and oxygen atoms in total. The van der Waals surface area contributed by atoms with Gasteiger partial charge in [-0.05, 0) is 38.1 Å². The number of carbonyl (C=O) groups is 1. The third-order valence-electron chi connectivity index (χ3n) is 3.84. The molecule has 0 aromatic heterocycles. The van der Waals surface area contributed by atoms with Crippen molar-refractivity contribution < 1.29 is 9.53 Å². The lowest BCUT2D eigenvalue weighted by molar-refractivity contribution is -0.150. The van der Waals surface area contributed by atoms with Crippen molar-refractivity contribution in [1.29, 1.82) is 0 Å². The second kappa shape index (κ2) is 2.98. The first-order chi connectivity index (χ1) is 6.23. The summed E-state index contributed by atoms with van der Waals surface area (Å²) in [5, 5.41) is 3.18. The molecule has 2 bridgehead atoms. The predicted molar refractivity (Wildman–Crippen MR) is 49.3 cm³/mol. The zero-order valence-corrected chi connectivity index (χ0v) is 8.30. The Morgan fingerprint density at radius 3 is 2.69 bits per heavy atom. The van der Waals surface area contributed by atoms with E-state index in [4.69, 9.17) is 4.74 Å². The molecule has 0 aliphatic heterocycles. The van der Waals surface area contributed by atoms with E-state index >= 15 is 0 Å². The molecular weight excluding hydrogens is 166 g/mol. The van der Waals surface area contributed by atoms with Crippen LogP contribution in [0.25, 0.3) is 0 Å². The monoisotopic (exact) mass is 183 g/mol. The zero-order valence-electron chi connectivity index (χ0n) is 8.30. The van der Waals surface area contributed by atoms with Crippen molar-refractivity contribution in [2.24, 2.45) is 11.8 Å². The molecular formula is C10H17NO2. The SMILES string of the molecule is CNC1(C(=O)OC)CC2CCC1C2. The highest BCUT2D eigenvalue weighted by atomic mass is 16.5. The van der Waals surface area contributed by atoms with E-state index in [1.165, 1.54) is 26.4 Å². The van der Waals surface area contributed by atoms with Crippen molar-refractivity contribution in [2.45, 2.75) is 31.2 Å². The molecule has 3 unspecified atom stereocenters. The summed E-state index contributed by atoms with van der Waals surface area (Å²) in [6, 6.07) is 0. The van der Waals surface area contributed by atoms with Crippen LogP contribution in [0.3, 0.4) is 0 Å². The van der Waals surface area contributed by atoms with Crippen LogP contribution in [0.2, 0.25) is 0 Å². The molecule has 0 aromatic rings. The molecule has 74 valence electrons. The van der Waals surface area contributed by atoms with Gasteiger partial charge in [0.15, 0.2) is 0 Å². The molecule has 0 heterocycles. The number of carbonyl (C=O) groups excluding carboxylic acids is 1. The van der Waals surface area contributed by atoms with E-state index in [1.807, 2.05) is 7.05 Å². The van der Waals surface area contributed by atoms with Gasteiger partial charge in [0.25, 0.3) is 0 Å². The second-order valence-electron chi connectivity index (χ2n) is 4.29. The van der Waals surface area contributed by atoms with E-state index < -0.39 is 0 Å². The number of likely N-dealkylation sites (N-methyl/N-ethyl adjacent to an activating group) is 1. The minimum atomic E-state index is -0.350. The van der Waals surface area contributed by atoms with Crippen LogP contribution < -0.4 is 5.32 Å². The normalized spacial score (nSPS) is 42.3. The average Bonchev–Trinajstić information content (AvgIpc) is 2.75. The molecule has 0 amide bonds. The maximum atomic E-state index is 11.7. The highest BCUT2D eigenvalue weighted by Crippen LogP contribution is 2.50. The minimum Gasteiger partial charge on any atom is -0.468 e. The summed E-state index contributed by atoms with van der Waals surface area (Å²) in [6.07, 6.45) is 4.66. The minimum absolute atomic E-state index is 0.0674. The van der Waals surface area contributed by atoms with E-state index in [-0.39, 0.29) is 11.5 Å². The Morgan fingerprint density at radius 1 is 1.54 bits per heavy atom. The van der Waals surface area contributed by atoms with Gasteiger partial charge >= 0.3 is 5.97 Å². The van der Waals surface area contributed by atoms with Crippen molar-refractivity contribution in [3.05, 3.63) is 0 Å². The molecule has 13 heavy (non-hydrogen) atoms. The van der Waals surface area contributed by atoms with Crippen molar-refractivity contribution >= 4 is 5.97 Å². The van der Waals surface area contributed by atoms with Gasteiger partial charge in [0, 0.05) is 0 Å². The summed E-state index contributed by atoms with van der Waals surface area (Å²) < 4.78 is 4.88. The summed E-state index contributed by atoms with van der Waals surface area (Å²) in [5.74, 6) is 1.19. The van der Waals surface area contributed by atoms with Crippen molar-refractivity contribution in [2.75, 3.05) is 14.2 Å². The van der Waals surface area contributed by atoms with Gasteiger partial charge in [-0.25, -0.2) is 0 Å². The highest BCUT2D eigenvalue weighted by molar-refractivity contribution is 5.82. The molecule has 2 fully saturated rings. The Labute approximate surface area is 78.8 Å². The summed E-state index contributed by atoms with van der Waals surface area (Å²) in [6.45, 7) is 0. The number of hydrogen-bond donors (Lipinski definition) is 1. The van der Waals surface area contributed by atoms with E-state index in [9.17, 15) is 4.79 Å². The van der Waals surface area contributed by atoms with Gasteiger partial charge in [-0.15, -0.1) is 0 Å². The quantitative estimate of drug-likeness (QED) is 0.647. The molecule has 0 radical (unpaired) electrons. The van der Waals surface area contributed by atoms with E-state index in [2.05, 4.69) is 5.32 Å². The fraction of sp³-hybridized carbons (Fsp3) is 0.900. The van der Waals surface area contributed by atoms with Gasteiger partial charge in [0.1, 0.15) is 5.54 Å². The fourth-order valence-corrected chi connectivity index (χ4v) is 3.17. The first kappa shape index (κ1) is 9.00. The number of esters is 1. The van der Waals surface area contributed by atoms with Gasteiger partial charge < -0.3 is 10.1 Å². The topological polar surface area (TPSA) is 38.3 Å². The molecule has 0 aromatic carbocycles. The van der Waals surface area contributed by atoms with Gasteiger partial charge in [0.05, 0.1) is 7.11 Å². The van der Waals surface area contributed by atoms with Crippen molar-refractivity contribution in [3.63, 3.8) is 0 Å². The summed E-state index contributed by atoms with van der Waals surface area (Å²) in [7, 11) is 3.35. The zero-order chi connectivity index (χ0) is 9.47. The molecule has 0 saturated heterocycles. The van der Waals surface area contributed by atoms with Crippen molar-refractivity contribution in [1.82, 2.24) is 5.32 Å². The third kappa shape index (κ3) is 1.10. The molecule has 1 N–H and O–H groups in total. The Balaban J connectivity index is 2.21. The van der Waals surface area contributed by atoms with Crippen LogP contribution in [0.1, 0.15) is 25.7 Å². The fourth-order valence-electron chi connectivity index (χ4n) is 3.17. The van der Waals surface area contributed by atoms with Crippen LogP contribution in [0.15, 0.2) is 0 Å². The second-order valence-corrected chi connectivity index (χ2v) is 4.29. The van der Waals surface area contributed by atoms with Crippen molar-refractivity contribution in [3.8, 4) is 0 Å². The lowest BCUT2D eigenvalue weighted by Crippen LogP contribution is -2.54. The van der Waals surface area contributed by atoms with Crippen LogP contribution in [0.5, 0.6) is 0 Å². The number of methoxy groups -OCH3 is 1. The summed E-state index contributed by atoms with van der Waals surface area (Å²) in [4.78, 5) is 11.7. The third-order valence-corrected chi connectivity index (χ3v) is 3.84. The van der Waals surface area contributed by atoms with Gasteiger partial charge in [-0.1, -0.05) is 6.42 Å². The number of hydrogen-bond acceptors (Lipinski definition) is 3. The first-order valence-electron chi connectivity index (χ1n) is 5.00. The standard InChI is InChI=1S/C10H17NO2/c1-11-10(9(12)13-2)6-7-3-4-8(10)5-7/h7-8,11H,3-6H2,1-2H3. The molecule has 2 aliphatic carbocycles. The Kier molecular flexibility index (Phi) is 2.06. The van der Waals surface area contributed by atoms with Crippen LogP contribution in [0, 0.1) is 11.8 Å². The summed E-state index contributed by atoms with van der Waals surface area (Å²) in [5.41, 5.74) is -0.350. The Bertz CT molecular complexity index is 229. The van der Waals surface area contributed by atoms with Crippen LogP contribution in [0.4, 0.5) is 0 Å². The van der Waals surface area contributed by atoms with Crippen LogP contribution in [-0.4, -0.2) is 25.7 Å². The number of rotatable bonds is 2. The maximum Gasteiger partial charge on any atom is 0.326 e. The average molecular weight is 183 g/mol. The molecule has 2 rings (SSSR count). The van der Waals surface area contributed by atoms with Crippen LogP contribution >= 0.6 is 0 Å². The molecule has 2 aliphatic rings. The lowest BCUT2D eigenvalue weighted by Gasteiger charge is -2.34. The lowest BCUT2D eigenvalue weighted by atomic mass is 9.81. The molecule has 3 atom stereocenters.